The van der Waals surface area contributed by atoms with Crippen molar-refractivity contribution in [3.8, 4) is 11.4 Å². The van der Waals surface area contributed by atoms with E-state index >= 15 is 0 Å². The third-order valence-corrected chi connectivity index (χ3v) is 2.82. The summed E-state index contributed by atoms with van der Waals surface area (Å²) in [6.45, 7) is 8.35. The molecule has 96 valence electrons. The molecule has 0 aliphatic heterocycles. The van der Waals surface area contributed by atoms with Crippen LogP contribution in [0, 0.1) is 0 Å². The predicted octanol–water partition coefficient (Wildman–Crippen LogP) is 3.05. The predicted molar refractivity (Wildman–Crippen MR) is 71.0 cm³/mol. The topological polar surface area (TPSA) is 64.9 Å². The molecule has 2 N–H and O–H groups in total. The number of hydrogen-bond donors (Lipinski definition) is 1. The molecule has 1 aromatic carbocycles. The van der Waals surface area contributed by atoms with E-state index in [9.17, 15) is 0 Å². The average Bonchev–Trinajstić information content (AvgIpc) is 2.77. The van der Waals surface area contributed by atoms with Gasteiger partial charge in [-0.05, 0) is 24.0 Å². The number of nitrogens with zero attached hydrogens (tertiary/aromatic N) is 2. The molecule has 4 nitrogen and oxygen atoms in total. The molecule has 18 heavy (non-hydrogen) atoms. The third kappa shape index (κ3) is 2.59. The van der Waals surface area contributed by atoms with Gasteiger partial charge in [-0.2, -0.15) is 4.98 Å². The highest BCUT2D eigenvalue weighted by Crippen LogP contribution is 2.26. The van der Waals surface area contributed by atoms with Crippen molar-refractivity contribution in [3.63, 3.8) is 0 Å². The maximum atomic E-state index is 5.71. The number of benzene rings is 1. The Balaban J connectivity index is 2.38. The molecule has 0 saturated carbocycles. The molecule has 1 atom stereocenters. The molecule has 0 amide bonds. The molecule has 0 unspecified atom stereocenters. The molecule has 0 bridgehead atoms. The van der Waals surface area contributed by atoms with E-state index in [1.807, 2.05) is 19.1 Å². The van der Waals surface area contributed by atoms with E-state index in [4.69, 9.17) is 10.3 Å². The second kappa shape index (κ2) is 4.53. The highest BCUT2D eigenvalue weighted by atomic mass is 16.5. The molecule has 0 aliphatic rings. The summed E-state index contributed by atoms with van der Waals surface area (Å²) in [7, 11) is 0. The second-order valence-corrected chi connectivity index (χ2v) is 5.58. The smallest absolute Gasteiger partial charge is 0.243 e. The van der Waals surface area contributed by atoms with Gasteiger partial charge >= 0.3 is 0 Å². The van der Waals surface area contributed by atoms with Gasteiger partial charge in [0, 0.05) is 5.56 Å². The van der Waals surface area contributed by atoms with Crippen LogP contribution in [0.4, 0.5) is 0 Å². The minimum absolute atomic E-state index is 0.101. The quantitative estimate of drug-likeness (QED) is 0.883. The van der Waals surface area contributed by atoms with E-state index in [1.165, 1.54) is 5.56 Å². The Morgan fingerprint density at radius 2 is 2.00 bits per heavy atom. The number of nitrogens with two attached hydrogens (primary N) is 1. The van der Waals surface area contributed by atoms with Crippen molar-refractivity contribution in [3.05, 3.63) is 35.7 Å². The van der Waals surface area contributed by atoms with E-state index in [1.54, 1.807) is 0 Å². The molecule has 0 fully saturated rings. The van der Waals surface area contributed by atoms with E-state index in [0.717, 1.165) is 5.56 Å². The molecule has 2 rings (SSSR count). The van der Waals surface area contributed by atoms with Crippen molar-refractivity contribution in [1.29, 1.82) is 0 Å². The Morgan fingerprint density at radius 1 is 1.28 bits per heavy atom. The zero-order valence-electron chi connectivity index (χ0n) is 11.3. The fraction of sp³-hybridized carbons (Fsp3) is 0.429. The van der Waals surface area contributed by atoms with Gasteiger partial charge < -0.3 is 10.3 Å². The van der Waals surface area contributed by atoms with Crippen molar-refractivity contribution in [1.82, 2.24) is 10.1 Å². The Labute approximate surface area is 107 Å². The summed E-state index contributed by atoms with van der Waals surface area (Å²) in [5, 5.41) is 3.96. The zero-order valence-corrected chi connectivity index (χ0v) is 11.3. The molecule has 1 aromatic heterocycles. The molecule has 4 heteroatoms. The summed E-state index contributed by atoms with van der Waals surface area (Å²) in [5.74, 6) is 1.06. The summed E-state index contributed by atoms with van der Waals surface area (Å²) in [6.07, 6.45) is 0. The Bertz CT molecular complexity index is 538. The van der Waals surface area contributed by atoms with Gasteiger partial charge in [-0.15, -0.1) is 0 Å². The van der Waals surface area contributed by atoms with Crippen molar-refractivity contribution in [2.75, 3.05) is 0 Å². The maximum absolute atomic E-state index is 5.71. The fourth-order valence-corrected chi connectivity index (χ4v) is 1.66. The minimum Gasteiger partial charge on any atom is -0.337 e. The van der Waals surface area contributed by atoms with Crippen LogP contribution in [-0.2, 0) is 5.41 Å². The molecule has 1 heterocycles. The Hall–Kier alpha value is -1.68. The van der Waals surface area contributed by atoms with Crippen LogP contribution in [0.25, 0.3) is 11.4 Å². The van der Waals surface area contributed by atoms with Gasteiger partial charge in [0.15, 0.2) is 0 Å². The van der Waals surface area contributed by atoms with Gasteiger partial charge in [0.05, 0.1) is 6.04 Å². The van der Waals surface area contributed by atoms with Crippen LogP contribution in [0.2, 0.25) is 0 Å². The molecular weight excluding hydrogens is 226 g/mol. The molecule has 2 aromatic rings. The van der Waals surface area contributed by atoms with Crippen molar-refractivity contribution in [2.24, 2.45) is 5.73 Å². The second-order valence-electron chi connectivity index (χ2n) is 5.58. The number of hydrogen-bond acceptors (Lipinski definition) is 4. The van der Waals surface area contributed by atoms with Crippen LogP contribution in [-0.4, -0.2) is 10.1 Å². The lowest BCUT2D eigenvalue weighted by molar-refractivity contribution is 0.362. The maximum Gasteiger partial charge on any atom is 0.243 e. The summed E-state index contributed by atoms with van der Waals surface area (Å²) < 4.78 is 5.12. The first-order valence-electron chi connectivity index (χ1n) is 6.08. The zero-order chi connectivity index (χ0) is 13.3. The van der Waals surface area contributed by atoms with E-state index < -0.39 is 0 Å². The van der Waals surface area contributed by atoms with E-state index in [-0.39, 0.29) is 11.5 Å². The molecule has 0 spiro atoms. The lowest BCUT2D eigenvalue weighted by atomic mass is 9.86. The van der Waals surface area contributed by atoms with Crippen LogP contribution < -0.4 is 5.73 Å². The van der Waals surface area contributed by atoms with Gasteiger partial charge in [0.2, 0.25) is 11.7 Å². The lowest BCUT2D eigenvalue weighted by Crippen LogP contribution is -2.10. The molecular formula is C14H19N3O. The van der Waals surface area contributed by atoms with Crippen LogP contribution in [0.3, 0.4) is 0 Å². The van der Waals surface area contributed by atoms with Gasteiger partial charge in [-0.1, -0.05) is 44.1 Å². The van der Waals surface area contributed by atoms with Gasteiger partial charge in [-0.3, -0.25) is 0 Å². The Kier molecular flexibility index (Phi) is 3.22. The van der Waals surface area contributed by atoms with Gasteiger partial charge in [0.1, 0.15) is 0 Å². The molecule has 0 aliphatic carbocycles. The van der Waals surface area contributed by atoms with E-state index in [0.29, 0.717) is 11.7 Å². The molecule has 0 radical (unpaired) electrons. The van der Waals surface area contributed by atoms with Gasteiger partial charge in [-0.25, -0.2) is 0 Å². The average molecular weight is 245 g/mol. The number of aromatic nitrogens is 2. The van der Waals surface area contributed by atoms with Crippen LogP contribution in [0.1, 0.15) is 45.2 Å². The minimum atomic E-state index is -0.239. The van der Waals surface area contributed by atoms with Gasteiger partial charge in [0.25, 0.3) is 0 Å². The van der Waals surface area contributed by atoms with Crippen molar-refractivity contribution < 1.29 is 4.52 Å². The van der Waals surface area contributed by atoms with Crippen molar-refractivity contribution >= 4 is 0 Å². The van der Waals surface area contributed by atoms with Crippen LogP contribution >= 0.6 is 0 Å². The monoisotopic (exact) mass is 245 g/mol. The summed E-state index contributed by atoms with van der Waals surface area (Å²) in [6, 6.07) is 7.95. The summed E-state index contributed by atoms with van der Waals surface area (Å²) >= 11 is 0. The van der Waals surface area contributed by atoms with E-state index in [2.05, 4.69) is 43.0 Å². The first-order chi connectivity index (χ1) is 8.38. The van der Waals surface area contributed by atoms with Crippen LogP contribution in [0.5, 0.6) is 0 Å². The normalized spacial score (nSPS) is 13.6. The number of rotatable bonds is 2. The van der Waals surface area contributed by atoms with Crippen LogP contribution in [0.15, 0.2) is 28.8 Å². The SMILES string of the molecule is C[C@H](N)c1nc(-c2cccc(C(C)(C)C)c2)no1. The summed E-state index contributed by atoms with van der Waals surface area (Å²) in [5.41, 5.74) is 8.01. The first-order valence-corrected chi connectivity index (χ1v) is 6.08. The highest BCUT2D eigenvalue weighted by molar-refractivity contribution is 5.56. The van der Waals surface area contributed by atoms with Crippen molar-refractivity contribution in [2.45, 2.75) is 39.2 Å². The first kappa shape index (κ1) is 12.8. The highest BCUT2D eigenvalue weighted by Gasteiger charge is 2.16. The molecule has 0 saturated heterocycles. The summed E-state index contributed by atoms with van der Waals surface area (Å²) in [4.78, 5) is 4.30. The third-order valence-electron chi connectivity index (χ3n) is 2.82. The standard InChI is InChI=1S/C14H19N3O/c1-9(15)13-16-12(17-18-13)10-6-5-7-11(8-10)14(2,3)4/h5-9H,15H2,1-4H3/t9-/m0/s1. The Morgan fingerprint density at radius 3 is 2.56 bits per heavy atom. The fourth-order valence-electron chi connectivity index (χ4n) is 1.66. The lowest BCUT2D eigenvalue weighted by Gasteiger charge is -2.19. The largest absolute Gasteiger partial charge is 0.337 e.